The standard InChI is InChI=1S/C2H4F2O3S/c3-1-7-8(5,6)2-4/h1-2H2. The lowest BCUT2D eigenvalue weighted by Gasteiger charge is -1.91. The van der Waals surface area contributed by atoms with Gasteiger partial charge >= 0.3 is 0 Å². The van der Waals surface area contributed by atoms with Crippen LogP contribution in [0.25, 0.3) is 0 Å². The van der Waals surface area contributed by atoms with Crippen molar-refractivity contribution in [1.82, 2.24) is 0 Å². The maximum absolute atomic E-state index is 11.1. The lowest BCUT2D eigenvalue weighted by atomic mass is 11.6. The van der Waals surface area contributed by atoms with Crippen molar-refractivity contribution >= 4 is 10.1 Å². The summed E-state index contributed by atoms with van der Waals surface area (Å²) in [4.78, 5) is 0. The molecule has 0 unspecified atom stereocenters. The monoisotopic (exact) mass is 146 g/mol. The van der Waals surface area contributed by atoms with E-state index in [1.807, 2.05) is 0 Å². The first-order chi connectivity index (χ1) is 3.62. The third kappa shape index (κ3) is 2.86. The molecule has 0 aromatic rings. The predicted molar refractivity (Wildman–Crippen MR) is 22.0 cm³/mol. The van der Waals surface area contributed by atoms with Crippen LogP contribution in [-0.2, 0) is 14.3 Å². The fraction of sp³-hybridized carbons (Fsp3) is 1.00. The van der Waals surface area contributed by atoms with Crippen molar-refractivity contribution in [3.05, 3.63) is 0 Å². The number of alkyl halides is 2. The van der Waals surface area contributed by atoms with Crippen LogP contribution in [-0.4, -0.2) is 21.3 Å². The van der Waals surface area contributed by atoms with E-state index >= 15 is 0 Å². The van der Waals surface area contributed by atoms with Crippen molar-refractivity contribution in [3.8, 4) is 0 Å². The molecule has 0 bridgehead atoms. The van der Waals surface area contributed by atoms with Gasteiger partial charge in [0.25, 0.3) is 10.1 Å². The van der Waals surface area contributed by atoms with Gasteiger partial charge in [-0.1, -0.05) is 0 Å². The second kappa shape index (κ2) is 2.93. The molecule has 6 heteroatoms. The number of halogens is 2. The van der Waals surface area contributed by atoms with Crippen LogP contribution in [0, 0.1) is 0 Å². The molecule has 50 valence electrons. The quantitative estimate of drug-likeness (QED) is 0.533. The molecular formula is C2H4F2O3S. The molecule has 0 saturated carbocycles. The summed E-state index contributed by atoms with van der Waals surface area (Å²) in [7, 11) is -4.21. The van der Waals surface area contributed by atoms with Gasteiger partial charge < -0.3 is 0 Å². The van der Waals surface area contributed by atoms with Crippen molar-refractivity contribution in [3.63, 3.8) is 0 Å². The highest BCUT2D eigenvalue weighted by Crippen LogP contribution is 1.92. The van der Waals surface area contributed by atoms with E-state index in [2.05, 4.69) is 4.18 Å². The molecule has 0 fully saturated rings. The fourth-order valence-electron chi connectivity index (χ4n) is 0.0994. The fourth-order valence-corrected chi connectivity index (χ4v) is 0.298. The molecular weight excluding hydrogens is 142 g/mol. The summed E-state index contributed by atoms with van der Waals surface area (Å²) >= 11 is 0. The second-order valence-electron chi connectivity index (χ2n) is 0.894. The first kappa shape index (κ1) is 7.77. The van der Waals surface area contributed by atoms with Crippen molar-refractivity contribution in [1.29, 1.82) is 0 Å². The van der Waals surface area contributed by atoms with Crippen LogP contribution in [0.3, 0.4) is 0 Å². The Hall–Kier alpha value is -0.230. The summed E-state index contributed by atoms with van der Waals surface area (Å²) in [6, 6.07) is -1.68. The largest absolute Gasteiger partial charge is 0.299 e. The highest BCUT2D eigenvalue weighted by Gasteiger charge is 2.07. The Morgan fingerprint density at radius 2 is 1.88 bits per heavy atom. The first-order valence-corrected chi connectivity index (χ1v) is 3.19. The normalized spacial score (nSPS) is 11.8. The highest BCUT2D eigenvalue weighted by atomic mass is 32.2. The topological polar surface area (TPSA) is 43.4 Å². The summed E-state index contributed by atoms with van der Waals surface area (Å²) in [5.74, 6) is 0. The summed E-state index contributed by atoms with van der Waals surface area (Å²) in [6.45, 7) is -1.51. The molecule has 0 amide bonds. The van der Waals surface area contributed by atoms with E-state index in [0.717, 1.165) is 0 Å². The number of hydrogen-bond donors (Lipinski definition) is 0. The molecule has 0 aliphatic rings. The highest BCUT2D eigenvalue weighted by molar-refractivity contribution is 7.86. The number of hydrogen-bond acceptors (Lipinski definition) is 3. The van der Waals surface area contributed by atoms with E-state index in [9.17, 15) is 17.2 Å². The summed E-state index contributed by atoms with van der Waals surface area (Å²) in [5, 5.41) is 0. The van der Waals surface area contributed by atoms with E-state index in [0.29, 0.717) is 0 Å². The molecule has 0 N–H and O–H groups in total. The van der Waals surface area contributed by atoms with Crippen molar-refractivity contribution in [2.75, 3.05) is 12.9 Å². The molecule has 0 aromatic heterocycles. The van der Waals surface area contributed by atoms with Gasteiger partial charge in [-0.25, -0.2) is 13.0 Å². The Morgan fingerprint density at radius 1 is 1.38 bits per heavy atom. The van der Waals surface area contributed by atoms with E-state index in [4.69, 9.17) is 0 Å². The minimum absolute atomic E-state index is 1.51. The lowest BCUT2D eigenvalue weighted by molar-refractivity contribution is 0.195. The van der Waals surface area contributed by atoms with Gasteiger partial charge in [0, 0.05) is 0 Å². The SMILES string of the molecule is O=S(=O)(CF)OCF. The lowest BCUT2D eigenvalue weighted by Crippen LogP contribution is -2.05. The molecule has 8 heavy (non-hydrogen) atoms. The molecule has 0 atom stereocenters. The minimum atomic E-state index is -4.21. The van der Waals surface area contributed by atoms with Crippen LogP contribution in [0.15, 0.2) is 0 Å². The molecule has 0 heterocycles. The smallest absolute Gasteiger partial charge is 0.234 e. The van der Waals surface area contributed by atoms with Crippen LogP contribution in [0.4, 0.5) is 8.78 Å². The average Bonchev–Trinajstić information content (AvgIpc) is 1.67. The molecule has 0 aliphatic heterocycles. The van der Waals surface area contributed by atoms with E-state index in [1.165, 1.54) is 0 Å². The van der Waals surface area contributed by atoms with Gasteiger partial charge in [0.1, 0.15) is 0 Å². The van der Waals surface area contributed by atoms with Gasteiger partial charge in [-0.05, 0) is 0 Å². The molecule has 0 aromatic carbocycles. The number of rotatable bonds is 3. The van der Waals surface area contributed by atoms with Gasteiger partial charge in [-0.2, -0.15) is 8.42 Å². The Morgan fingerprint density at radius 3 is 2.00 bits per heavy atom. The third-order valence-corrected chi connectivity index (χ3v) is 1.07. The van der Waals surface area contributed by atoms with Crippen molar-refractivity contribution < 1.29 is 21.4 Å². The van der Waals surface area contributed by atoms with Gasteiger partial charge in [0.05, 0.1) is 0 Å². The molecule has 0 aliphatic carbocycles. The zero-order valence-corrected chi connectivity index (χ0v) is 4.62. The average molecular weight is 146 g/mol. The zero-order chi connectivity index (χ0) is 6.62. The molecule has 0 rings (SSSR count). The van der Waals surface area contributed by atoms with E-state index in [1.54, 1.807) is 0 Å². The van der Waals surface area contributed by atoms with Crippen molar-refractivity contribution in [2.45, 2.75) is 0 Å². The molecule has 3 nitrogen and oxygen atoms in total. The van der Waals surface area contributed by atoms with E-state index < -0.39 is 23.0 Å². The maximum atomic E-state index is 11.1. The summed E-state index contributed by atoms with van der Waals surface area (Å²) in [6.07, 6.45) is 0. The Labute approximate surface area is 45.4 Å². The van der Waals surface area contributed by atoms with Crippen LogP contribution in [0.2, 0.25) is 0 Å². The molecule has 0 radical (unpaired) electrons. The van der Waals surface area contributed by atoms with Gasteiger partial charge in [-0.15, -0.1) is 0 Å². The van der Waals surface area contributed by atoms with E-state index in [-0.39, 0.29) is 0 Å². The molecule has 0 saturated heterocycles. The van der Waals surface area contributed by atoms with Crippen LogP contribution >= 0.6 is 0 Å². The predicted octanol–water partition coefficient (Wildman–Crippen LogP) is 0.187. The minimum Gasteiger partial charge on any atom is -0.234 e. The first-order valence-electron chi connectivity index (χ1n) is 1.61. The van der Waals surface area contributed by atoms with Crippen LogP contribution in [0.5, 0.6) is 0 Å². The summed E-state index contributed by atoms with van der Waals surface area (Å²) in [5.41, 5.74) is 0. The second-order valence-corrected chi connectivity index (χ2v) is 2.46. The van der Waals surface area contributed by atoms with Crippen LogP contribution < -0.4 is 0 Å². The van der Waals surface area contributed by atoms with Crippen molar-refractivity contribution in [2.24, 2.45) is 0 Å². The van der Waals surface area contributed by atoms with Gasteiger partial charge in [-0.3, -0.25) is 0 Å². The Bertz CT molecular complexity index is 139. The van der Waals surface area contributed by atoms with Gasteiger partial charge in [0.15, 0.2) is 0 Å². The third-order valence-electron chi connectivity index (χ3n) is 0.358. The Kier molecular flexibility index (Phi) is 2.85. The maximum Gasteiger partial charge on any atom is 0.299 e. The zero-order valence-electron chi connectivity index (χ0n) is 3.80. The molecule has 0 spiro atoms. The van der Waals surface area contributed by atoms with Gasteiger partial charge in [0.2, 0.25) is 12.9 Å². The summed E-state index contributed by atoms with van der Waals surface area (Å²) < 4.78 is 44.8. The Balaban J connectivity index is 3.76. The van der Waals surface area contributed by atoms with Crippen LogP contribution in [0.1, 0.15) is 0 Å².